The molecule has 0 aromatic heterocycles. The van der Waals surface area contributed by atoms with Gasteiger partial charge in [-0.05, 0) is 5.92 Å². The van der Waals surface area contributed by atoms with Gasteiger partial charge >= 0.3 is 0 Å². The number of hydrogen-bond acceptors (Lipinski definition) is 5. The van der Waals surface area contributed by atoms with E-state index in [1.54, 1.807) is 13.8 Å². The molecule has 0 atom stereocenters. The average molecular weight is 292 g/mol. The third-order valence-corrected chi connectivity index (χ3v) is 2.99. The van der Waals surface area contributed by atoms with Crippen molar-refractivity contribution in [1.82, 2.24) is 0 Å². The molecule has 0 radical (unpaired) electrons. The van der Waals surface area contributed by atoms with Gasteiger partial charge in [-0.15, -0.1) is 0 Å². The first kappa shape index (κ1) is 15.3. The number of nitro benzene ring substituents is 1. The van der Waals surface area contributed by atoms with Gasteiger partial charge in [0.1, 0.15) is 4.90 Å². The number of primary sulfonamides is 1. The Kier molecular flexibility index (Phi) is 4.43. The van der Waals surface area contributed by atoms with Crippen LogP contribution in [0.3, 0.4) is 0 Å². The summed E-state index contributed by atoms with van der Waals surface area (Å²) in [6.45, 7) is 3.61. The number of halogens is 1. The molecule has 0 amide bonds. The average Bonchev–Trinajstić information content (AvgIpc) is 2.24. The molecule has 1 aromatic rings. The molecule has 19 heavy (non-hydrogen) atoms. The molecule has 1 aromatic carbocycles. The van der Waals surface area contributed by atoms with E-state index < -0.39 is 37.1 Å². The summed E-state index contributed by atoms with van der Waals surface area (Å²) in [5.41, 5.74) is -0.710. The molecular formula is C10H13FN2O5S. The number of benzene rings is 1. The molecule has 0 saturated heterocycles. The molecule has 0 unspecified atom stereocenters. The van der Waals surface area contributed by atoms with Gasteiger partial charge in [0, 0.05) is 6.07 Å². The van der Waals surface area contributed by atoms with Gasteiger partial charge in [0.2, 0.25) is 10.0 Å². The van der Waals surface area contributed by atoms with Crippen LogP contribution < -0.4 is 9.88 Å². The number of ether oxygens (including phenoxy) is 1. The quantitative estimate of drug-likeness (QED) is 0.651. The summed E-state index contributed by atoms with van der Waals surface area (Å²) in [5.74, 6) is -1.72. The SMILES string of the molecule is CC(C)COc1c(F)cc([N+](=O)[O-])cc1S(N)(=O)=O. The van der Waals surface area contributed by atoms with Crippen molar-refractivity contribution in [2.24, 2.45) is 11.1 Å². The van der Waals surface area contributed by atoms with E-state index in [0.29, 0.717) is 12.1 Å². The lowest BCUT2D eigenvalue weighted by molar-refractivity contribution is -0.385. The zero-order chi connectivity index (χ0) is 14.8. The standard InChI is InChI=1S/C10H13FN2O5S/c1-6(2)5-18-10-8(11)3-7(13(14)15)4-9(10)19(12,16)17/h3-4,6H,5H2,1-2H3,(H2,12,16,17). The highest BCUT2D eigenvalue weighted by Crippen LogP contribution is 2.31. The van der Waals surface area contributed by atoms with Gasteiger partial charge in [-0.3, -0.25) is 10.1 Å². The van der Waals surface area contributed by atoms with Crippen LogP contribution in [0.2, 0.25) is 0 Å². The van der Waals surface area contributed by atoms with Gasteiger partial charge < -0.3 is 4.74 Å². The van der Waals surface area contributed by atoms with Crippen LogP contribution in [0.4, 0.5) is 10.1 Å². The molecular weight excluding hydrogens is 279 g/mol. The summed E-state index contributed by atoms with van der Waals surface area (Å²) < 4.78 is 41.4. The Morgan fingerprint density at radius 1 is 1.47 bits per heavy atom. The van der Waals surface area contributed by atoms with Gasteiger partial charge in [0.25, 0.3) is 5.69 Å². The number of nitrogens with two attached hydrogens (primary N) is 1. The lowest BCUT2D eigenvalue weighted by atomic mass is 10.2. The summed E-state index contributed by atoms with van der Waals surface area (Å²) in [4.78, 5) is 8.92. The summed E-state index contributed by atoms with van der Waals surface area (Å²) in [6.07, 6.45) is 0. The molecule has 1 rings (SSSR count). The molecule has 0 aliphatic rings. The molecule has 9 heteroatoms. The number of nitrogens with zero attached hydrogens (tertiary/aromatic N) is 1. The van der Waals surface area contributed by atoms with Crippen LogP contribution in [0.25, 0.3) is 0 Å². The van der Waals surface area contributed by atoms with Gasteiger partial charge in [-0.2, -0.15) is 0 Å². The maximum absolute atomic E-state index is 13.7. The van der Waals surface area contributed by atoms with Crippen molar-refractivity contribution in [3.05, 3.63) is 28.1 Å². The number of non-ortho nitro benzene ring substituents is 1. The van der Waals surface area contributed by atoms with Crippen molar-refractivity contribution in [1.29, 1.82) is 0 Å². The highest BCUT2D eigenvalue weighted by atomic mass is 32.2. The molecule has 0 fully saturated rings. The topological polar surface area (TPSA) is 113 Å². The molecule has 7 nitrogen and oxygen atoms in total. The number of rotatable bonds is 5. The van der Waals surface area contributed by atoms with Crippen LogP contribution >= 0.6 is 0 Å². The van der Waals surface area contributed by atoms with E-state index in [9.17, 15) is 22.9 Å². The van der Waals surface area contributed by atoms with E-state index in [0.717, 1.165) is 0 Å². The van der Waals surface area contributed by atoms with E-state index in [1.165, 1.54) is 0 Å². The van der Waals surface area contributed by atoms with Crippen molar-refractivity contribution >= 4 is 15.7 Å². The molecule has 106 valence electrons. The van der Waals surface area contributed by atoms with E-state index in [2.05, 4.69) is 0 Å². The summed E-state index contributed by atoms with van der Waals surface area (Å²) in [6, 6.07) is 1.26. The lowest BCUT2D eigenvalue weighted by Crippen LogP contribution is -2.16. The second kappa shape index (κ2) is 5.49. The second-order valence-electron chi connectivity index (χ2n) is 4.26. The Hall–Kier alpha value is -1.74. The molecule has 0 aliphatic heterocycles. The van der Waals surface area contributed by atoms with E-state index in [-0.39, 0.29) is 12.5 Å². The fourth-order valence-electron chi connectivity index (χ4n) is 1.26. The smallest absolute Gasteiger partial charge is 0.274 e. The van der Waals surface area contributed by atoms with Gasteiger partial charge in [-0.25, -0.2) is 17.9 Å². The summed E-state index contributed by atoms with van der Waals surface area (Å²) in [5, 5.41) is 15.5. The zero-order valence-electron chi connectivity index (χ0n) is 10.3. The number of sulfonamides is 1. The van der Waals surface area contributed by atoms with Crippen LogP contribution in [0, 0.1) is 21.8 Å². The van der Waals surface area contributed by atoms with Crippen LogP contribution in [0.1, 0.15) is 13.8 Å². The van der Waals surface area contributed by atoms with Crippen molar-refractivity contribution in [3.8, 4) is 5.75 Å². The molecule has 0 aliphatic carbocycles. The fourth-order valence-corrected chi connectivity index (χ4v) is 1.96. The molecule has 2 N–H and O–H groups in total. The Balaban J connectivity index is 3.40. The summed E-state index contributed by atoms with van der Waals surface area (Å²) >= 11 is 0. The monoisotopic (exact) mass is 292 g/mol. The maximum atomic E-state index is 13.7. The largest absolute Gasteiger partial charge is 0.489 e. The number of nitro groups is 1. The first-order chi connectivity index (χ1) is 8.62. The predicted octanol–water partition coefficient (Wildman–Crippen LogP) is 1.42. The van der Waals surface area contributed by atoms with Gasteiger partial charge in [-0.1, -0.05) is 13.8 Å². The first-order valence-electron chi connectivity index (χ1n) is 5.26. The Morgan fingerprint density at radius 2 is 2.05 bits per heavy atom. The van der Waals surface area contributed by atoms with Crippen molar-refractivity contribution in [3.63, 3.8) is 0 Å². The van der Waals surface area contributed by atoms with E-state index in [1.807, 2.05) is 0 Å². The third-order valence-electron chi connectivity index (χ3n) is 2.07. The van der Waals surface area contributed by atoms with Crippen LogP contribution in [-0.2, 0) is 10.0 Å². The molecule has 0 saturated carbocycles. The normalized spacial score (nSPS) is 11.6. The molecule has 0 heterocycles. The zero-order valence-corrected chi connectivity index (χ0v) is 11.1. The van der Waals surface area contributed by atoms with Gasteiger partial charge in [0.05, 0.1) is 17.6 Å². The minimum Gasteiger partial charge on any atom is -0.489 e. The predicted molar refractivity (Wildman–Crippen MR) is 64.8 cm³/mol. The van der Waals surface area contributed by atoms with Crippen LogP contribution in [-0.4, -0.2) is 19.9 Å². The Morgan fingerprint density at radius 3 is 2.47 bits per heavy atom. The van der Waals surface area contributed by atoms with Crippen LogP contribution in [0.15, 0.2) is 17.0 Å². The highest BCUT2D eigenvalue weighted by molar-refractivity contribution is 7.89. The molecule has 0 spiro atoms. The third kappa shape index (κ3) is 3.86. The maximum Gasteiger partial charge on any atom is 0.274 e. The number of hydrogen-bond donors (Lipinski definition) is 1. The van der Waals surface area contributed by atoms with E-state index >= 15 is 0 Å². The Labute approximate surface area is 109 Å². The summed E-state index contributed by atoms with van der Waals surface area (Å²) in [7, 11) is -4.33. The van der Waals surface area contributed by atoms with E-state index in [4.69, 9.17) is 9.88 Å². The second-order valence-corrected chi connectivity index (χ2v) is 5.79. The first-order valence-corrected chi connectivity index (χ1v) is 6.81. The lowest BCUT2D eigenvalue weighted by Gasteiger charge is -2.12. The molecule has 0 bridgehead atoms. The Bertz CT molecular complexity index is 600. The van der Waals surface area contributed by atoms with Crippen molar-refractivity contribution in [2.75, 3.05) is 6.61 Å². The van der Waals surface area contributed by atoms with Crippen molar-refractivity contribution < 1.29 is 22.5 Å². The van der Waals surface area contributed by atoms with Crippen molar-refractivity contribution in [2.45, 2.75) is 18.7 Å². The fraction of sp³-hybridized carbons (Fsp3) is 0.400. The van der Waals surface area contributed by atoms with Gasteiger partial charge in [0.15, 0.2) is 11.6 Å². The van der Waals surface area contributed by atoms with Crippen LogP contribution in [0.5, 0.6) is 5.75 Å². The highest BCUT2D eigenvalue weighted by Gasteiger charge is 2.25. The minimum atomic E-state index is -4.33. The minimum absolute atomic E-state index is 0.0166.